The molecule has 2 aromatic rings. The van der Waals surface area contributed by atoms with Crippen molar-refractivity contribution in [3.63, 3.8) is 0 Å². The van der Waals surface area contributed by atoms with E-state index < -0.39 is 0 Å². The number of aromatic nitrogens is 2. The van der Waals surface area contributed by atoms with Gasteiger partial charge >= 0.3 is 0 Å². The molecule has 1 unspecified atom stereocenters. The van der Waals surface area contributed by atoms with Crippen LogP contribution in [0.25, 0.3) is 11.0 Å². The van der Waals surface area contributed by atoms with Crippen LogP contribution in [-0.2, 0) is 0 Å². The number of aryl methyl sites for hydroxylation is 1. The van der Waals surface area contributed by atoms with E-state index in [2.05, 4.69) is 39.6 Å². The normalized spacial score (nSPS) is 30.1. The molecule has 4 heterocycles. The largest absolute Gasteiger partial charge is 0.369 e. The van der Waals surface area contributed by atoms with Gasteiger partial charge in [-0.2, -0.15) is 0 Å². The molecule has 4 heteroatoms. The molecule has 1 aromatic heterocycles. The third-order valence-electron chi connectivity index (χ3n) is 4.90. The molecule has 1 aromatic carbocycles. The molecule has 3 saturated heterocycles. The summed E-state index contributed by atoms with van der Waals surface area (Å²) in [7, 11) is 0. The van der Waals surface area contributed by atoms with Crippen molar-refractivity contribution in [2.24, 2.45) is 5.92 Å². The monoisotopic (exact) mass is 256 g/mol. The van der Waals surface area contributed by atoms with Crippen LogP contribution in [0.5, 0.6) is 0 Å². The standard InChI is InChI=1S/C15H20N4/c1-10-3-2-4-12-14(10)17-15(16)19(12)13-9-18-7-5-11(13)6-8-18/h2-4,11,13H,5-9H2,1H3,(H2,16,17). The van der Waals surface area contributed by atoms with Crippen LogP contribution in [0, 0.1) is 12.8 Å². The maximum atomic E-state index is 6.22. The van der Waals surface area contributed by atoms with Gasteiger partial charge in [-0.25, -0.2) is 4.98 Å². The number of nitrogens with zero attached hydrogens (tertiary/aromatic N) is 3. The average Bonchev–Trinajstić information content (AvgIpc) is 2.78. The molecule has 0 spiro atoms. The van der Waals surface area contributed by atoms with Crippen molar-refractivity contribution in [3.8, 4) is 0 Å². The molecule has 0 saturated carbocycles. The number of hydrogen-bond acceptors (Lipinski definition) is 3. The van der Waals surface area contributed by atoms with E-state index in [1.54, 1.807) is 0 Å². The molecular weight excluding hydrogens is 236 g/mol. The van der Waals surface area contributed by atoms with E-state index in [1.807, 2.05) is 0 Å². The Hall–Kier alpha value is -1.55. The summed E-state index contributed by atoms with van der Waals surface area (Å²) in [5.41, 5.74) is 9.70. The van der Waals surface area contributed by atoms with Gasteiger partial charge in [0.15, 0.2) is 0 Å². The van der Waals surface area contributed by atoms with Crippen molar-refractivity contribution in [2.45, 2.75) is 25.8 Å². The summed E-state index contributed by atoms with van der Waals surface area (Å²) >= 11 is 0. The Morgan fingerprint density at radius 1 is 1.26 bits per heavy atom. The van der Waals surface area contributed by atoms with Gasteiger partial charge in [0.05, 0.1) is 17.1 Å². The summed E-state index contributed by atoms with van der Waals surface area (Å²) < 4.78 is 2.29. The van der Waals surface area contributed by atoms with Crippen molar-refractivity contribution in [1.29, 1.82) is 0 Å². The third kappa shape index (κ3) is 1.59. The number of fused-ring (bicyclic) bond motifs is 4. The molecule has 0 amide bonds. The van der Waals surface area contributed by atoms with Gasteiger partial charge in [-0.1, -0.05) is 12.1 Å². The Bertz CT molecular complexity index is 622. The minimum absolute atomic E-state index is 0.509. The van der Waals surface area contributed by atoms with Gasteiger partial charge in [-0.15, -0.1) is 0 Å². The number of rotatable bonds is 1. The molecule has 3 aliphatic rings. The molecule has 4 nitrogen and oxygen atoms in total. The smallest absolute Gasteiger partial charge is 0.201 e. The number of para-hydroxylation sites is 1. The Labute approximate surface area is 113 Å². The van der Waals surface area contributed by atoms with E-state index in [4.69, 9.17) is 5.73 Å². The molecule has 2 N–H and O–H groups in total. The van der Waals surface area contributed by atoms with E-state index >= 15 is 0 Å². The van der Waals surface area contributed by atoms with Crippen LogP contribution in [0.15, 0.2) is 18.2 Å². The van der Waals surface area contributed by atoms with Crippen LogP contribution in [0.2, 0.25) is 0 Å². The first-order valence-electron chi connectivity index (χ1n) is 7.19. The predicted molar refractivity (Wildman–Crippen MR) is 77.1 cm³/mol. The van der Waals surface area contributed by atoms with Gasteiger partial charge in [0.25, 0.3) is 0 Å². The first-order chi connectivity index (χ1) is 9.24. The summed E-state index contributed by atoms with van der Waals surface area (Å²) in [6, 6.07) is 6.88. The first-order valence-corrected chi connectivity index (χ1v) is 7.19. The Morgan fingerprint density at radius 3 is 2.74 bits per heavy atom. The number of anilines is 1. The summed E-state index contributed by atoms with van der Waals surface area (Å²) in [5, 5.41) is 0. The number of imidazole rings is 1. The molecule has 3 aliphatic heterocycles. The number of benzene rings is 1. The van der Waals surface area contributed by atoms with Crippen molar-refractivity contribution >= 4 is 17.0 Å². The summed E-state index contributed by atoms with van der Waals surface area (Å²) in [4.78, 5) is 7.15. The van der Waals surface area contributed by atoms with Crippen LogP contribution in [0.1, 0.15) is 24.4 Å². The van der Waals surface area contributed by atoms with Gasteiger partial charge in [0, 0.05) is 6.54 Å². The number of nitrogens with two attached hydrogens (primary N) is 1. The summed E-state index contributed by atoms with van der Waals surface area (Å²) in [6.45, 7) is 5.75. The first kappa shape index (κ1) is 11.3. The molecule has 0 aliphatic carbocycles. The quantitative estimate of drug-likeness (QED) is 0.851. The van der Waals surface area contributed by atoms with Gasteiger partial charge < -0.3 is 15.2 Å². The minimum Gasteiger partial charge on any atom is -0.369 e. The molecular formula is C15H20N4. The Kier molecular flexibility index (Phi) is 2.36. The zero-order valence-electron chi connectivity index (χ0n) is 11.3. The lowest BCUT2D eigenvalue weighted by Crippen LogP contribution is -2.48. The molecule has 19 heavy (non-hydrogen) atoms. The van der Waals surface area contributed by atoms with E-state index in [0.29, 0.717) is 12.0 Å². The second-order valence-electron chi connectivity index (χ2n) is 5.99. The van der Waals surface area contributed by atoms with E-state index in [1.165, 1.54) is 37.0 Å². The van der Waals surface area contributed by atoms with Crippen molar-refractivity contribution in [3.05, 3.63) is 23.8 Å². The Balaban J connectivity index is 1.87. The fourth-order valence-electron chi connectivity index (χ4n) is 3.85. The van der Waals surface area contributed by atoms with Crippen LogP contribution >= 0.6 is 0 Å². The molecule has 2 bridgehead atoms. The van der Waals surface area contributed by atoms with Crippen LogP contribution in [-0.4, -0.2) is 34.1 Å². The highest BCUT2D eigenvalue weighted by Crippen LogP contribution is 2.38. The highest BCUT2D eigenvalue weighted by atomic mass is 15.2. The summed E-state index contributed by atoms with van der Waals surface area (Å²) in [5.74, 6) is 1.45. The van der Waals surface area contributed by atoms with E-state index in [-0.39, 0.29) is 0 Å². The Morgan fingerprint density at radius 2 is 2.05 bits per heavy atom. The van der Waals surface area contributed by atoms with Crippen molar-refractivity contribution in [2.75, 3.05) is 25.4 Å². The van der Waals surface area contributed by atoms with Gasteiger partial charge in [0.2, 0.25) is 5.95 Å². The predicted octanol–water partition coefficient (Wildman–Crippen LogP) is 2.19. The molecule has 0 radical (unpaired) electrons. The fourth-order valence-corrected chi connectivity index (χ4v) is 3.85. The molecule has 5 rings (SSSR count). The van der Waals surface area contributed by atoms with Gasteiger partial charge in [-0.3, -0.25) is 0 Å². The highest BCUT2D eigenvalue weighted by Gasteiger charge is 2.36. The lowest BCUT2D eigenvalue weighted by molar-refractivity contribution is 0.0598. The molecule has 3 fully saturated rings. The number of nitrogen functional groups attached to an aromatic ring is 1. The molecule has 1 atom stereocenters. The second kappa shape index (κ2) is 3.97. The topological polar surface area (TPSA) is 47.1 Å². The third-order valence-corrected chi connectivity index (χ3v) is 4.90. The fraction of sp³-hybridized carbons (Fsp3) is 0.533. The van der Waals surface area contributed by atoms with Crippen molar-refractivity contribution in [1.82, 2.24) is 14.5 Å². The summed E-state index contributed by atoms with van der Waals surface area (Å²) in [6.07, 6.45) is 2.60. The maximum Gasteiger partial charge on any atom is 0.201 e. The van der Waals surface area contributed by atoms with Crippen LogP contribution in [0.4, 0.5) is 5.95 Å². The van der Waals surface area contributed by atoms with Gasteiger partial charge in [-0.05, 0) is 50.4 Å². The van der Waals surface area contributed by atoms with E-state index in [9.17, 15) is 0 Å². The minimum atomic E-state index is 0.509. The zero-order chi connectivity index (χ0) is 13.0. The zero-order valence-corrected chi connectivity index (χ0v) is 11.3. The van der Waals surface area contributed by atoms with Crippen molar-refractivity contribution < 1.29 is 0 Å². The maximum absolute atomic E-state index is 6.22. The van der Waals surface area contributed by atoms with Gasteiger partial charge in [0.1, 0.15) is 0 Å². The lowest BCUT2D eigenvalue weighted by Gasteiger charge is -2.45. The SMILES string of the molecule is Cc1cccc2c1nc(N)n2C1CN2CCC1CC2. The number of piperidine rings is 3. The van der Waals surface area contributed by atoms with E-state index in [0.717, 1.165) is 18.0 Å². The molecule has 100 valence electrons. The highest BCUT2D eigenvalue weighted by molar-refractivity contribution is 5.81. The number of hydrogen-bond donors (Lipinski definition) is 1. The van der Waals surface area contributed by atoms with Crippen LogP contribution in [0.3, 0.4) is 0 Å². The lowest BCUT2D eigenvalue weighted by atomic mass is 9.84. The average molecular weight is 256 g/mol. The van der Waals surface area contributed by atoms with Crippen LogP contribution < -0.4 is 5.73 Å². The second-order valence-corrected chi connectivity index (χ2v) is 5.99.